The average molecular weight is 301 g/mol. The summed E-state index contributed by atoms with van der Waals surface area (Å²) >= 11 is 0. The van der Waals surface area contributed by atoms with Gasteiger partial charge in [0.15, 0.2) is 0 Å². The molecular weight excluding hydrogens is 286 g/mol. The van der Waals surface area contributed by atoms with E-state index >= 15 is 0 Å². The van der Waals surface area contributed by atoms with Gasteiger partial charge in [-0.1, -0.05) is 24.3 Å². The molecule has 0 aromatic heterocycles. The van der Waals surface area contributed by atoms with Crippen LogP contribution < -0.4 is 0 Å². The van der Waals surface area contributed by atoms with Crippen LogP contribution in [0.5, 0.6) is 0 Å². The molecule has 1 aliphatic carbocycles. The molecule has 5 heteroatoms. The van der Waals surface area contributed by atoms with E-state index in [0.29, 0.717) is 11.4 Å². The largest absolute Gasteiger partial charge is 0.295 e. The van der Waals surface area contributed by atoms with Crippen LogP contribution in [0.15, 0.2) is 76.3 Å². The van der Waals surface area contributed by atoms with Crippen molar-refractivity contribution in [1.29, 1.82) is 0 Å². The lowest BCUT2D eigenvalue weighted by Gasteiger charge is -2.01. The number of rotatable bonds is 2. The van der Waals surface area contributed by atoms with Crippen molar-refractivity contribution < 1.29 is 13.0 Å². The Bertz CT molecular complexity index is 750. The van der Waals surface area contributed by atoms with Gasteiger partial charge < -0.3 is 0 Å². The molecule has 1 aromatic rings. The first-order valence-electron chi connectivity index (χ1n) is 6.46. The van der Waals surface area contributed by atoms with E-state index in [1.165, 1.54) is 12.2 Å². The summed E-state index contributed by atoms with van der Waals surface area (Å²) in [7, 11) is -4.31. The van der Waals surface area contributed by atoms with Crippen molar-refractivity contribution in [3.05, 3.63) is 71.3 Å². The van der Waals surface area contributed by atoms with E-state index < -0.39 is 10.1 Å². The van der Waals surface area contributed by atoms with Crippen LogP contribution >= 0.6 is 0 Å². The summed E-state index contributed by atoms with van der Waals surface area (Å²) in [4.78, 5) is 4.14. The molecule has 0 bridgehead atoms. The van der Waals surface area contributed by atoms with Crippen molar-refractivity contribution in [1.82, 2.24) is 0 Å². The summed E-state index contributed by atoms with van der Waals surface area (Å²) in [5.41, 5.74) is 3.91. The molecule has 21 heavy (non-hydrogen) atoms. The van der Waals surface area contributed by atoms with Gasteiger partial charge in [-0.2, -0.15) is 8.42 Å². The van der Waals surface area contributed by atoms with Crippen LogP contribution in [0.1, 0.15) is 12.8 Å². The minimum Gasteiger partial charge on any atom is -0.282 e. The Labute approximate surface area is 124 Å². The summed E-state index contributed by atoms with van der Waals surface area (Å²) in [6.45, 7) is 0. The number of aliphatic imine (C=N–C) groups is 1. The SMILES string of the molecule is O=S(=O)(O)C1=CC(=Nc2ccccc2)/C=C\CCC=C=C1. The van der Waals surface area contributed by atoms with Gasteiger partial charge in [-0.3, -0.25) is 4.55 Å². The van der Waals surface area contributed by atoms with E-state index in [9.17, 15) is 13.0 Å². The molecule has 0 unspecified atom stereocenters. The molecule has 1 N–H and O–H groups in total. The number of nitrogens with zero attached hydrogens (tertiary/aromatic N) is 1. The Hall–Kier alpha value is -2.20. The normalized spacial score (nSPS) is 19.3. The number of para-hydroxylation sites is 1. The molecule has 0 saturated heterocycles. The predicted octanol–water partition coefficient (Wildman–Crippen LogP) is 3.59. The highest BCUT2D eigenvalue weighted by Gasteiger charge is 2.11. The van der Waals surface area contributed by atoms with Crippen LogP contribution in [0, 0.1) is 0 Å². The Morgan fingerprint density at radius 1 is 1.14 bits per heavy atom. The zero-order valence-corrected chi connectivity index (χ0v) is 12.1. The second-order valence-corrected chi connectivity index (χ2v) is 5.81. The zero-order chi connectivity index (χ0) is 15.1. The molecule has 2 rings (SSSR count). The van der Waals surface area contributed by atoms with E-state index in [4.69, 9.17) is 0 Å². The van der Waals surface area contributed by atoms with Gasteiger partial charge in [0.25, 0.3) is 10.1 Å². The van der Waals surface area contributed by atoms with Crippen molar-refractivity contribution in [3.63, 3.8) is 0 Å². The third-order valence-corrected chi connectivity index (χ3v) is 3.54. The first kappa shape index (κ1) is 15.2. The van der Waals surface area contributed by atoms with Crippen LogP contribution in [0.2, 0.25) is 0 Å². The van der Waals surface area contributed by atoms with Gasteiger partial charge in [-0.25, -0.2) is 4.99 Å². The Balaban J connectivity index is 2.52. The fraction of sp³-hybridized carbons (Fsp3) is 0.125. The van der Waals surface area contributed by atoms with E-state index in [2.05, 4.69) is 10.7 Å². The van der Waals surface area contributed by atoms with Gasteiger partial charge >= 0.3 is 0 Å². The van der Waals surface area contributed by atoms with Crippen LogP contribution in [0.3, 0.4) is 0 Å². The summed E-state index contributed by atoms with van der Waals surface area (Å²) in [5.74, 6) is 0. The van der Waals surface area contributed by atoms with Crippen molar-refractivity contribution in [2.45, 2.75) is 12.8 Å². The Morgan fingerprint density at radius 2 is 1.90 bits per heavy atom. The molecule has 0 heterocycles. The van der Waals surface area contributed by atoms with Gasteiger partial charge in [-0.15, -0.1) is 5.73 Å². The first-order valence-corrected chi connectivity index (χ1v) is 7.90. The van der Waals surface area contributed by atoms with E-state index in [0.717, 1.165) is 12.8 Å². The maximum Gasteiger partial charge on any atom is 0.295 e. The van der Waals surface area contributed by atoms with Gasteiger partial charge in [0.2, 0.25) is 0 Å². The molecule has 0 atom stereocenters. The molecular formula is C16H15NO3S. The molecule has 4 nitrogen and oxygen atoms in total. The van der Waals surface area contributed by atoms with Crippen molar-refractivity contribution in [3.8, 4) is 0 Å². The van der Waals surface area contributed by atoms with Crippen molar-refractivity contribution in [2.24, 2.45) is 4.99 Å². The average Bonchev–Trinajstić information content (AvgIpc) is 2.45. The minimum absolute atomic E-state index is 0.236. The van der Waals surface area contributed by atoms with Gasteiger partial charge in [0.05, 0.1) is 11.4 Å². The van der Waals surface area contributed by atoms with Crippen molar-refractivity contribution in [2.75, 3.05) is 0 Å². The zero-order valence-electron chi connectivity index (χ0n) is 11.3. The predicted molar refractivity (Wildman–Crippen MR) is 84.2 cm³/mol. The van der Waals surface area contributed by atoms with Gasteiger partial charge in [0.1, 0.15) is 4.91 Å². The lowest BCUT2D eigenvalue weighted by Crippen LogP contribution is -2.02. The molecule has 108 valence electrons. The standard InChI is InChI=1S/C16H15NO3S/c18-21(19,20)16-12-8-3-1-2-5-11-15(13-16)17-14-9-6-4-7-10-14/h3-7,9-13H,1-2H2,(H,18,19,20)/b11-5-,16-13?,17-15?. The maximum atomic E-state index is 11.4. The molecule has 0 radical (unpaired) electrons. The second-order valence-electron chi connectivity index (χ2n) is 4.39. The highest BCUT2D eigenvalue weighted by molar-refractivity contribution is 7.90. The molecule has 0 fully saturated rings. The molecule has 0 amide bonds. The van der Waals surface area contributed by atoms with E-state index in [-0.39, 0.29) is 4.91 Å². The van der Waals surface area contributed by atoms with Crippen LogP contribution in [-0.4, -0.2) is 18.7 Å². The third-order valence-electron chi connectivity index (χ3n) is 2.71. The molecule has 1 aliphatic rings. The summed E-state index contributed by atoms with van der Waals surface area (Å²) in [6, 6.07) is 9.20. The molecule has 0 spiro atoms. The quantitative estimate of drug-likeness (QED) is 0.670. The van der Waals surface area contributed by atoms with Crippen LogP contribution in [0.25, 0.3) is 0 Å². The highest BCUT2D eigenvalue weighted by Crippen LogP contribution is 2.14. The highest BCUT2D eigenvalue weighted by atomic mass is 32.2. The fourth-order valence-corrected chi connectivity index (χ4v) is 2.20. The second kappa shape index (κ2) is 6.99. The van der Waals surface area contributed by atoms with Crippen LogP contribution in [-0.2, 0) is 10.1 Å². The minimum atomic E-state index is -4.31. The lowest BCUT2D eigenvalue weighted by molar-refractivity contribution is 0.492. The molecule has 1 aromatic carbocycles. The lowest BCUT2D eigenvalue weighted by atomic mass is 10.2. The smallest absolute Gasteiger partial charge is 0.282 e. The van der Waals surface area contributed by atoms with E-state index in [1.54, 1.807) is 12.2 Å². The topological polar surface area (TPSA) is 66.7 Å². The van der Waals surface area contributed by atoms with Crippen molar-refractivity contribution >= 4 is 21.5 Å². The summed E-state index contributed by atoms with van der Waals surface area (Å²) in [6.07, 6.45) is 9.49. The number of hydrogen-bond donors (Lipinski definition) is 1. The summed E-state index contributed by atoms with van der Waals surface area (Å²) in [5, 5.41) is 0. The molecule has 0 saturated carbocycles. The number of allylic oxidation sites excluding steroid dienone is 4. The van der Waals surface area contributed by atoms with Gasteiger partial charge in [-0.05, 0) is 43.2 Å². The molecule has 0 aliphatic heterocycles. The van der Waals surface area contributed by atoms with Gasteiger partial charge in [0, 0.05) is 6.08 Å². The maximum absolute atomic E-state index is 11.4. The monoisotopic (exact) mass is 301 g/mol. The third kappa shape index (κ3) is 5.00. The number of hydrogen-bond acceptors (Lipinski definition) is 3. The first-order chi connectivity index (χ1) is 10.1. The Morgan fingerprint density at radius 3 is 2.62 bits per heavy atom. The summed E-state index contributed by atoms with van der Waals surface area (Å²) < 4.78 is 32.0. The number of benzene rings is 1. The van der Waals surface area contributed by atoms with E-state index in [1.807, 2.05) is 36.4 Å². The fourth-order valence-electron chi connectivity index (χ4n) is 1.71. The van der Waals surface area contributed by atoms with Crippen LogP contribution in [0.4, 0.5) is 5.69 Å². The Kier molecular flexibility index (Phi) is 5.06.